The standard InChI is InChI=1S/C13H12ClNOS/c1-9(16)11-4-2-3-5-12(11)17-13-7-6-10(14)8-15-13/h2-9,16H,1H3/t9-/m0/s1. The Balaban J connectivity index is 2.26. The van der Waals surface area contributed by atoms with Crippen LogP contribution in [0.25, 0.3) is 0 Å². The van der Waals surface area contributed by atoms with E-state index in [0.29, 0.717) is 5.02 Å². The minimum Gasteiger partial charge on any atom is -0.389 e. The van der Waals surface area contributed by atoms with E-state index in [2.05, 4.69) is 4.98 Å². The average molecular weight is 266 g/mol. The molecule has 1 atom stereocenters. The van der Waals surface area contributed by atoms with Crippen LogP contribution in [-0.2, 0) is 0 Å². The van der Waals surface area contributed by atoms with Crippen molar-refractivity contribution in [2.75, 3.05) is 0 Å². The molecule has 0 saturated heterocycles. The van der Waals surface area contributed by atoms with Crippen LogP contribution in [0.2, 0.25) is 5.02 Å². The lowest BCUT2D eigenvalue weighted by Crippen LogP contribution is -1.93. The zero-order valence-corrected chi connectivity index (χ0v) is 10.9. The number of hydrogen-bond acceptors (Lipinski definition) is 3. The van der Waals surface area contributed by atoms with E-state index >= 15 is 0 Å². The highest BCUT2D eigenvalue weighted by Crippen LogP contribution is 2.32. The van der Waals surface area contributed by atoms with Gasteiger partial charge in [0.25, 0.3) is 0 Å². The largest absolute Gasteiger partial charge is 0.389 e. The third-order valence-corrected chi connectivity index (χ3v) is 3.55. The summed E-state index contributed by atoms with van der Waals surface area (Å²) in [6, 6.07) is 11.4. The molecular weight excluding hydrogens is 254 g/mol. The molecule has 0 unspecified atom stereocenters. The first kappa shape index (κ1) is 12.4. The minimum atomic E-state index is -0.481. The summed E-state index contributed by atoms with van der Waals surface area (Å²) >= 11 is 7.31. The maximum absolute atomic E-state index is 9.67. The fraction of sp³-hybridized carbons (Fsp3) is 0.154. The maximum atomic E-state index is 9.67. The molecule has 0 saturated carbocycles. The van der Waals surface area contributed by atoms with Gasteiger partial charge >= 0.3 is 0 Å². The quantitative estimate of drug-likeness (QED) is 0.913. The van der Waals surface area contributed by atoms with Crippen LogP contribution in [0.4, 0.5) is 0 Å². The highest BCUT2D eigenvalue weighted by Gasteiger charge is 2.08. The van der Waals surface area contributed by atoms with Gasteiger partial charge in [0.2, 0.25) is 0 Å². The van der Waals surface area contributed by atoms with Gasteiger partial charge in [-0.25, -0.2) is 4.98 Å². The van der Waals surface area contributed by atoms with Crippen LogP contribution < -0.4 is 0 Å². The number of benzene rings is 1. The molecule has 0 aliphatic carbocycles. The molecule has 0 aliphatic heterocycles. The minimum absolute atomic E-state index is 0.481. The van der Waals surface area contributed by atoms with Crippen molar-refractivity contribution in [3.05, 3.63) is 53.2 Å². The van der Waals surface area contributed by atoms with Crippen molar-refractivity contribution >= 4 is 23.4 Å². The van der Waals surface area contributed by atoms with Gasteiger partial charge in [-0.1, -0.05) is 41.6 Å². The van der Waals surface area contributed by atoms with Crippen LogP contribution in [0.3, 0.4) is 0 Å². The van der Waals surface area contributed by atoms with Gasteiger partial charge < -0.3 is 5.11 Å². The maximum Gasteiger partial charge on any atom is 0.101 e. The molecule has 88 valence electrons. The molecule has 1 N–H and O–H groups in total. The lowest BCUT2D eigenvalue weighted by Gasteiger charge is -2.10. The Bertz CT molecular complexity index is 499. The molecule has 2 nitrogen and oxygen atoms in total. The Morgan fingerprint density at radius 1 is 1.24 bits per heavy atom. The monoisotopic (exact) mass is 265 g/mol. The summed E-state index contributed by atoms with van der Waals surface area (Å²) in [6.07, 6.45) is 1.14. The Labute approximate surface area is 110 Å². The second-order valence-electron chi connectivity index (χ2n) is 3.63. The third kappa shape index (κ3) is 3.22. The lowest BCUT2D eigenvalue weighted by atomic mass is 10.1. The summed E-state index contributed by atoms with van der Waals surface area (Å²) in [5.74, 6) is 0. The fourth-order valence-electron chi connectivity index (χ4n) is 1.45. The number of aliphatic hydroxyl groups excluding tert-OH is 1. The van der Waals surface area contributed by atoms with Crippen LogP contribution in [0.1, 0.15) is 18.6 Å². The molecule has 0 bridgehead atoms. The summed E-state index contributed by atoms with van der Waals surface area (Å²) in [5.41, 5.74) is 0.911. The van der Waals surface area contributed by atoms with E-state index in [0.717, 1.165) is 15.5 Å². The molecule has 4 heteroatoms. The second kappa shape index (κ2) is 5.54. The van der Waals surface area contributed by atoms with E-state index in [-0.39, 0.29) is 0 Å². The molecule has 0 radical (unpaired) electrons. The van der Waals surface area contributed by atoms with Crippen molar-refractivity contribution < 1.29 is 5.11 Å². The molecule has 1 aromatic heterocycles. The van der Waals surface area contributed by atoms with E-state index in [1.807, 2.05) is 36.4 Å². The van der Waals surface area contributed by atoms with E-state index in [4.69, 9.17) is 11.6 Å². The molecule has 0 fully saturated rings. The summed E-state index contributed by atoms with van der Waals surface area (Å²) < 4.78 is 0. The SMILES string of the molecule is C[C@H](O)c1ccccc1Sc1ccc(Cl)cn1. The lowest BCUT2D eigenvalue weighted by molar-refractivity contribution is 0.196. The van der Waals surface area contributed by atoms with Gasteiger partial charge in [-0.3, -0.25) is 0 Å². The van der Waals surface area contributed by atoms with E-state index in [1.165, 1.54) is 11.8 Å². The highest BCUT2D eigenvalue weighted by atomic mass is 35.5. The fourth-order valence-corrected chi connectivity index (χ4v) is 2.54. The summed E-state index contributed by atoms with van der Waals surface area (Å²) in [7, 11) is 0. The normalized spacial score (nSPS) is 12.4. The van der Waals surface area contributed by atoms with E-state index in [9.17, 15) is 5.11 Å². The number of aliphatic hydroxyl groups is 1. The summed E-state index contributed by atoms with van der Waals surface area (Å²) in [6.45, 7) is 1.76. The summed E-state index contributed by atoms with van der Waals surface area (Å²) in [5, 5.41) is 11.2. The molecule has 0 amide bonds. The van der Waals surface area contributed by atoms with Gasteiger partial charge in [0.05, 0.1) is 11.1 Å². The number of aromatic nitrogens is 1. The Hall–Kier alpha value is -1.03. The first-order valence-corrected chi connectivity index (χ1v) is 6.42. The van der Waals surface area contributed by atoms with Crippen LogP contribution in [0.5, 0.6) is 0 Å². The molecule has 0 spiro atoms. The topological polar surface area (TPSA) is 33.1 Å². The molecule has 2 rings (SSSR count). The van der Waals surface area contributed by atoms with Gasteiger partial charge in [-0.2, -0.15) is 0 Å². The van der Waals surface area contributed by atoms with Gasteiger partial charge in [0.15, 0.2) is 0 Å². The predicted octanol–water partition coefficient (Wildman–Crippen LogP) is 3.94. The number of rotatable bonds is 3. The van der Waals surface area contributed by atoms with Gasteiger partial charge in [-0.05, 0) is 30.7 Å². The molecule has 17 heavy (non-hydrogen) atoms. The van der Waals surface area contributed by atoms with Crippen molar-refractivity contribution in [2.24, 2.45) is 0 Å². The highest BCUT2D eigenvalue weighted by molar-refractivity contribution is 7.99. The molecule has 2 aromatic rings. The number of halogens is 1. The third-order valence-electron chi connectivity index (χ3n) is 2.28. The van der Waals surface area contributed by atoms with Crippen molar-refractivity contribution in [3.63, 3.8) is 0 Å². The van der Waals surface area contributed by atoms with Crippen molar-refractivity contribution in [2.45, 2.75) is 22.9 Å². The van der Waals surface area contributed by atoms with Crippen molar-refractivity contribution in [3.8, 4) is 0 Å². The smallest absolute Gasteiger partial charge is 0.101 e. The molecular formula is C13H12ClNOS. The van der Waals surface area contributed by atoms with Crippen LogP contribution in [-0.4, -0.2) is 10.1 Å². The number of nitrogens with zero attached hydrogens (tertiary/aromatic N) is 1. The first-order valence-electron chi connectivity index (χ1n) is 5.23. The summed E-state index contributed by atoms with van der Waals surface area (Å²) in [4.78, 5) is 5.23. The zero-order chi connectivity index (χ0) is 12.3. The van der Waals surface area contributed by atoms with Crippen molar-refractivity contribution in [1.29, 1.82) is 0 Å². The Morgan fingerprint density at radius 2 is 2.00 bits per heavy atom. The Morgan fingerprint density at radius 3 is 2.65 bits per heavy atom. The average Bonchev–Trinajstić information content (AvgIpc) is 2.32. The van der Waals surface area contributed by atoms with Crippen LogP contribution in [0, 0.1) is 0 Å². The molecule has 0 aliphatic rings. The van der Waals surface area contributed by atoms with Gasteiger partial charge in [-0.15, -0.1) is 0 Å². The second-order valence-corrected chi connectivity index (χ2v) is 5.13. The predicted molar refractivity (Wildman–Crippen MR) is 70.4 cm³/mol. The van der Waals surface area contributed by atoms with E-state index in [1.54, 1.807) is 13.1 Å². The Kier molecular flexibility index (Phi) is 4.05. The molecule has 1 aromatic carbocycles. The van der Waals surface area contributed by atoms with Gasteiger partial charge in [0, 0.05) is 11.1 Å². The number of pyridine rings is 1. The van der Waals surface area contributed by atoms with Gasteiger partial charge in [0.1, 0.15) is 5.03 Å². The molecule has 1 heterocycles. The van der Waals surface area contributed by atoms with Crippen LogP contribution >= 0.6 is 23.4 Å². The van der Waals surface area contributed by atoms with Crippen molar-refractivity contribution in [1.82, 2.24) is 4.98 Å². The van der Waals surface area contributed by atoms with E-state index < -0.39 is 6.10 Å². The first-order chi connectivity index (χ1) is 8.16. The van der Waals surface area contributed by atoms with Crippen LogP contribution in [0.15, 0.2) is 52.5 Å². The zero-order valence-electron chi connectivity index (χ0n) is 9.30. The number of hydrogen-bond donors (Lipinski definition) is 1.